The average molecular weight is 558 g/mol. The van der Waals surface area contributed by atoms with E-state index in [9.17, 15) is 10.5 Å². The molecule has 0 unspecified atom stereocenters. The molecule has 0 atom stereocenters. The van der Waals surface area contributed by atoms with Gasteiger partial charge in [0.2, 0.25) is 0 Å². The van der Waals surface area contributed by atoms with E-state index in [1.807, 2.05) is 24.3 Å². The summed E-state index contributed by atoms with van der Waals surface area (Å²) in [5.74, 6) is 0. The van der Waals surface area contributed by atoms with E-state index in [1.165, 1.54) is 21.9 Å². The second-order valence-electron chi connectivity index (χ2n) is 13.4. The number of nitriles is 2. The Morgan fingerprint density at radius 3 is 1.65 bits per heavy atom. The molecular weight excluding hydrogens is 522 g/mol. The summed E-state index contributed by atoms with van der Waals surface area (Å²) in [5, 5.41) is 21.9. The molecule has 5 aromatic carbocycles. The van der Waals surface area contributed by atoms with Gasteiger partial charge in [-0.05, 0) is 87.2 Å². The van der Waals surface area contributed by atoms with Crippen molar-refractivity contribution < 1.29 is 0 Å². The van der Waals surface area contributed by atoms with Gasteiger partial charge >= 0.3 is 0 Å². The molecule has 43 heavy (non-hydrogen) atoms. The van der Waals surface area contributed by atoms with Crippen LogP contribution in [0.15, 0.2) is 103 Å². The summed E-state index contributed by atoms with van der Waals surface area (Å²) < 4.78 is 2.36. The van der Waals surface area contributed by atoms with Crippen LogP contribution in [-0.4, -0.2) is 4.57 Å². The zero-order chi connectivity index (χ0) is 30.5. The van der Waals surface area contributed by atoms with Crippen LogP contribution in [-0.2, 0) is 10.8 Å². The molecule has 0 saturated heterocycles. The van der Waals surface area contributed by atoms with Crippen molar-refractivity contribution in [2.75, 3.05) is 0 Å². The second-order valence-corrected chi connectivity index (χ2v) is 13.4. The summed E-state index contributed by atoms with van der Waals surface area (Å²) in [6.07, 6.45) is 0. The Hall–Kier alpha value is -5.12. The van der Waals surface area contributed by atoms with Gasteiger partial charge in [-0.3, -0.25) is 0 Å². The van der Waals surface area contributed by atoms with Crippen molar-refractivity contribution in [2.24, 2.45) is 0 Å². The van der Waals surface area contributed by atoms with Gasteiger partial charge in [-0.25, -0.2) is 0 Å². The third kappa shape index (κ3) is 4.98. The van der Waals surface area contributed by atoms with Gasteiger partial charge in [0.25, 0.3) is 0 Å². The highest BCUT2D eigenvalue weighted by atomic mass is 15.0. The number of aromatic nitrogens is 1. The first-order valence-electron chi connectivity index (χ1n) is 14.7. The summed E-state index contributed by atoms with van der Waals surface area (Å²) in [7, 11) is 0. The number of fused-ring (bicyclic) bond motifs is 3. The maximum Gasteiger partial charge on any atom is 0.0998 e. The molecule has 210 valence electrons. The second kappa shape index (κ2) is 10.3. The zero-order valence-corrected chi connectivity index (χ0v) is 25.7. The highest BCUT2D eigenvalue weighted by molar-refractivity contribution is 6.10. The Morgan fingerprint density at radius 1 is 0.535 bits per heavy atom. The topological polar surface area (TPSA) is 52.5 Å². The quantitative estimate of drug-likeness (QED) is 0.217. The largest absolute Gasteiger partial charge is 0.309 e. The predicted octanol–water partition coefficient (Wildman–Crippen LogP) is 10.5. The first-order valence-corrected chi connectivity index (χ1v) is 14.7. The average Bonchev–Trinajstić information content (AvgIpc) is 3.33. The Labute approximate surface area is 254 Å². The van der Waals surface area contributed by atoms with Crippen LogP contribution in [0.3, 0.4) is 0 Å². The first kappa shape index (κ1) is 28.0. The van der Waals surface area contributed by atoms with Crippen molar-refractivity contribution in [3.63, 3.8) is 0 Å². The van der Waals surface area contributed by atoms with Gasteiger partial charge in [0.1, 0.15) is 0 Å². The molecule has 0 spiro atoms. The summed E-state index contributed by atoms with van der Waals surface area (Å²) in [4.78, 5) is 0. The molecule has 1 heterocycles. The lowest BCUT2D eigenvalue weighted by atomic mass is 9.85. The molecule has 0 aliphatic carbocycles. The maximum atomic E-state index is 10.00. The van der Waals surface area contributed by atoms with Crippen LogP contribution in [0.1, 0.15) is 63.8 Å². The number of hydrogen-bond acceptors (Lipinski definition) is 2. The third-order valence-electron chi connectivity index (χ3n) is 8.40. The van der Waals surface area contributed by atoms with Gasteiger partial charge in [-0.1, -0.05) is 96.1 Å². The van der Waals surface area contributed by atoms with E-state index < -0.39 is 0 Å². The highest BCUT2D eigenvalue weighted by Gasteiger charge is 2.22. The Bertz CT molecular complexity index is 2030. The normalized spacial score (nSPS) is 11.9. The van der Waals surface area contributed by atoms with E-state index in [0.717, 1.165) is 39.0 Å². The van der Waals surface area contributed by atoms with Crippen molar-refractivity contribution in [3.8, 4) is 40.1 Å². The van der Waals surface area contributed by atoms with Crippen LogP contribution < -0.4 is 0 Å². The lowest BCUT2D eigenvalue weighted by Crippen LogP contribution is -2.10. The fourth-order valence-corrected chi connectivity index (χ4v) is 5.94. The van der Waals surface area contributed by atoms with Crippen LogP contribution >= 0.6 is 0 Å². The fourth-order valence-electron chi connectivity index (χ4n) is 5.94. The number of nitrogens with zero attached hydrogens (tertiary/aromatic N) is 3. The molecule has 0 aliphatic rings. The molecule has 3 heteroatoms. The standard InChI is InChI=1S/C40H35N3/c1-39(2,3)29-13-18-37-35(21-29)36-22-30(40(4,5)6)14-19-38(36)43(37)31-15-17-33(34(23-31)27-10-8-7-9-11-27)32-16-12-26(24-41)20-28(32)25-42/h7-23H,1-6H3. The maximum absolute atomic E-state index is 10.00. The van der Waals surface area contributed by atoms with Crippen LogP contribution in [0, 0.1) is 22.7 Å². The van der Waals surface area contributed by atoms with Crippen molar-refractivity contribution in [2.45, 2.75) is 52.4 Å². The van der Waals surface area contributed by atoms with Crippen LogP contribution in [0.5, 0.6) is 0 Å². The molecule has 3 nitrogen and oxygen atoms in total. The summed E-state index contributed by atoms with van der Waals surface area (Å²) in [6, 6.07) is 40.4. The Kier molecular flexibility index (Phi) is 6.71. The minimum absolute atomic E-state index is 0.0337. The van der Waals surface area contributed by atoms with E-state index in [1.54, 1.807) is 12.1 Å². The van der Waals surface area contributed by atoms with E-state index in [0.29, 0.717) is 11.1 Å². The van der Waals surface area contributed by atoms with Crippen LogP contribution in [0.2, 0.25) is 0 Å². The molecule has 0 radical (unpaired) electrons. The fraction of sp³-hybridized carbons (Fsp3) is 0.200. The minimum atomic E-state index is 0.0337. The summed E-state index contributed by atoms with van der Waals surface area (Å²) >= 11 is 0. The number of benzene rings is 5. The minimum Gasteiger partial charge on any atom is -0.309 e. The van der Waals surface area contributed by atoms with Gasteiger partial charge in [0.05, 0.1) is 34.3 Å². The van der Waals surface area contributed by atoms with Gasteiger partial charge in [-0.2, -0.15) is 10.5 Å². The smallest absolute Gasteiger partial charge is 0.0998 e. The molecule has 6 aromatic rings. The lowest BCUT2D eigenvalue weighted by Gasteiger charge is -2.19. The van der Waals surface area contributed by atoms with E-state index in [4.69, 9.17) is 0 Å². The molecule has 0 aliphatic heterocycles. The van der Waals surface area contributed by atoms with Gasteiger partial charge in [-0.15, -0.1) is 0 Å². The monoisotopic (exact) mass is 557 g/mol. The molecule has 1 aromatic heterocycles. The molecule has 0 fully saturated rings. The first-order chi connectivity index (χ1) is 20.5. The highest BCUT2D eigenvalue weighted by Crippen LogP contribution is 2.40. The molecule has 0 amide bonds. The van der Waals surface area contributed by atoms with Crippen LogP contribution in [0.25, 0.3) is 49.7 Å². The van der Waals surface area contributed by atoms with Crippen molar-refractivity contribution in [3.05, 3.63) is 125 Å². The van der Waals surface area contributed by atoms with E-state index in [2.05, 4.69) is 125 Å². The molecule has 0 saturated carbocycles. The summed E-state index contributed by atoms with van der Waals surface area (Å²) in [5.41, 5.74) is 10.9. The van der Waals surface area contributed by atoms with Gasteiger partial charge in [0.15, 0.2) is 0 Å². The molecule has 6 rings (SSSR count). The van der Waals surface area contributed by atoms with Crippen molar-refractivity contribution in [1.82, 2.24) is 4.57 Å². The molecular formula is C40H35N3. The Morgan fingerprint density at radius 2 is 1.12 bits per heavy atom. The summed E-state index contributed by atoms with van der Waals surface area (Å²) in [6.45, 7) is 13.6. The molecule has 0 N–H and O–H groups in total. The SMILES string of the molecule is CC(C)(C)c1ccc2c(c1)c1cc(C(C)(C)C)ccc1n2-c1ccc(-c2ccc(C#N)cc2C#N)c(-c2ccccc2)c1. The van der Waals surface area contributed by atoms with Gasteiger partial charge in [0, 0.05) is 22.0 Å². The Balaban J connectivity index is 1.67. The zero-order valence-electron chi connectivity index (χ0n) is 25.7. The van der Waals surface area contributed by atoms with Crippen LogP contribution in [0.4, 0.5) is 0 Å². The number of rotatable bonds is 3. The third-order valence-corrected chi connectivity index (χ3v) is 8.40. The van der Waals surface area contributed by atoms with Crippen molar-refractivity contribution in [1.29, 1.82) is 10.5 Å². The van der Waals surface area contributed by atoms with E-state index in [-0.39, 0.29) is 10.8 Å². The lowest BCUT2D eigenvalue weighted by molar-refractivity contribution is 0.590. The van der Waals surface area contributed by atoms with Gasteiger partial charge < -0.3 is 4.57 Å². The number of hydrogen-bond donors (Lipinski definition) is 0. The molecule has 0 bridgehead atoms. The van der Waals surface area contributed by atoms with Crippen molar-refractivity contribution >= 4 is 21.8 Å². The van der Waals surface area contributed by atoms with E-state index >= 15 is 0 Å². The predicted molar refractivity (Wildman–Crippen MR) is 178 cm³/mol.